The first-order chi connectivity index (χ1) is 11.2. The average molecular weight is 316 g/mol. The van der Waals surface area contributed by atoms with Gasteiger partial charge in [0.2, 0.25) is 11.8 Å². The van der Waals surface area contributed by atoms with Crippen molar-refractivity contribution in [2.24, 2.45) is 0 Å². The van der Waals surface area contributed by atoms with Crippen LogP contribution < -0.4 is 10.6 Å². The molecule has 0 bridgehead atoms. The van der Waals surface area contributed by atoms with Crippen molar-refractivity contribution in [1.29, 1.82) is 0 Å². The van der Waals surface area contributed by atoms with Gasteiger partial charge < -0.3 is 15.7 Å². The van der Waals surface area contributed by atoms with Crippen LogP contribution in [0.4, 0.5) is 0 Å². The number of aliphatic hydroxyl groups is 1. The third-order valence-corrected chi connectivity index (χ3v) is 3.99. The number of nitrogens with one attached hydrogen (secondary N) is 2. The summed E-state index contributed by atoms with van der Waals surface area (Å²) >= 11 is 0. The van der Waals surface area contributed by atoms with Gasteiger partial charge in [-0.15, -0.1) is 0 Å². The third-order valence-electron chi connectivity index (χ3n) is 3.99. The predicted molar refractivity (Wildman–Crippen MR) is 89.5 cm³/mol. The highest BCUT2D eigenvalue weighted by Gasteiger charge is 2.22. The van der Waals surface area contributed by atoms with E-state index in [1.165, 1.54) is 12.5 Å². The van der Waals surface area contributed by atoms with E-state index < -0.39 is 18.6 Å². The van der Waals surface area contributed by atoms with E-state index in [1.54, 1.807) is 6.08 Å². The van der Waals surface area contributed by atoms with Gasteiger partial charge >= 0.3 is 0 Å². The first-order valence-corrected chi connectivity index (χ1v) is 8.14. The molecule has 1 aromatic rings. The van der Waals surface area contributed by atoms with Crippen LogP contribution in [0.15, 0.2) is 36.4 Å². The zero-order valence-electron chi connectivity index (χ0n) is 13.2. The summed E-state index contributed by atoms with van der Waals surface area (Å²) in [5.74, 6) is -0.715. The lowest BCUT2D eigenvalue weighted by Crippen LogP contribution is -2.51. The van der Waals surface area contributed by atoms with Crippen LogP contribution in [-0.2, 0) is 9.59 Å². The summed E-state index contributed by atoms with van der Waals surface area (Å²) < 4.78 is 0. The van der Waals surface area contributed by atoms with Crippen molar-refractivity contribution >= 4 is 17.9 Å². The van der Waals surface area contributed by atoms with Gasteiger partial charge in [0.15, 0.2) is 0 Å². The van der Waals surface area contributed by atoms with Gasteiger partial charge in [0.1, 0.15) is 6.04 Å². The van der Waals surface area contributed by atoms with Crippen molar-refractivity contribution in [2.75, 3.05) is 6.61 Å². The highest BCUT2D eigenvalue weighted by molar-refractivity contribution is 5.95. The van der Waals surface area contributed by atoms with E-state index in [0.717, 1.165) is 31.2 Å². The monoisotopic (exact) mass is 316 g/mol. The van der Waals surface area contributed by atoms with E-state index in [1.807, 2.05) is 30.3 Å². The molecule has 0 unspecified atom stereocenters. The van der Waals surface area contributed by atoms with E-state index in [0.29, 0.717) is 0 Å². The summed E-state index contributed by atoms with van der Waals surface area (Å²) in [6.45, 7) is -0.413. The normalized spacial score (nSPS) is 16.9. The van der Waals surface area contributed by atoms with Crippen LogP contribution in [0.25, 0.3) is 6.08 Å². The van der Waals surface area contributed by atoms with Crippen molar-refractivity contribution in [3.05, 3.63) is 42.0 Å². The number of aliphatic hydroxyl groups excluding tert-OH is 1. The number of hydrogen-bond acceptors (Lipinski definition) is 3. The highest BCUT2D eigenvalue weighted by atomic mass is 16.3. The van der Waals surface area contributed by atoms with Crippen molar-refractivity contribution in [1.82, 2.24) is 10.6 Å². The number of hydrogen-bond donors (Lipinski definition) is 3. The summed E-state index contributed by atoms with van der Waals surface area (Å²) in [6, 6.07) is 8.66. The molecule has 0 heterocycles. The van der Waals surface area contributed by atoms with Crippen molar-refractivity contribution in [3.8, 4) is 0 Å². The lowest BCUT2D eigenvalue weighted by atomic mass is 9.95. The van der Waals surface area contributed by atoms with Crippen LogP contribution >= 0.6 is 0 Å². The van der Waals surface area contributed by atoms with E-state index in [9.17, 15) is 14.7 Å². The fraction of sp³-hybridized carbons (Fsp3) is 0.444. The zero-order chi connectivity index (χ0) is 16.5. The van der Waals surface area contributed by atoms with Crippen LogP contribution in [-0.4, -0.2) is 35.6 Å². The molecule has 0 aromatic heterocycles. The Morgan fingerprint density at radius 1 is 1.17 bits per heavy atom. The Morgan fingerprint density at radius 2 is 1.87 bits per heavy atom. The Balaban J connectivity index is 1.84. The van der Waals surface area contributed by atoms with Gasteiger partial charge in [0.25, 0.3) is 0 Å². The smallest absolute Gasteiger partial charge is 0.245 e. The molecule has 5 nitrogen and oxygen atoms in total. The molecule has 2 rings (SSSR count). The summed E-state index contributed by atoms with van der Waals surface area (Å²) in [4.78, 5) is 24.0. The van der Waals surface area contributed by atoms with Gasteiger partial charge in [-0.2, -0.15) is 0 Å². The summed E-state index contributed by atoms with van der Waals surface area (Å²) in [5.41, 5.74) is 0.898. The molecule has 23 heavy (non-hydrogen) atoms. The molecule has 0 spiro atoms. The molecule has 0 saturated heterocycles. The minimum absolute atomic E-state index is 0.155. The van der Waals surface area contributed by atoms with Crippen LogP contribution in [0.5, 0.6) is 0 Å². The van der Waals surface area contributed by atoms with Gasteiger partial charge in [-0.3, -0.25) is 9.59 Å². The van der Waals surface area contributed by atoms with Crippen molar-refractivity contribution in [3.63, 3.8) is 0 Å². The van der Waals surface area contributed by atoms with Gasteiger partial charge in [-0.1, -0.05) is 49.6 Å². The lowest BCUT2D eigenvalue weighted by Gasteiger charge is -2.25. The molecule has 0 radical (unpaired) electrons. The molecule has 1 aliphatic carbocycles. The molecule has 1 atom stereocenters. The lowest BCUT2D eigenvalue weighted by molar-refractivity contribution is -0.128. The Kier molecular flexibility index (Phi) is 6.81. The quantitative estimate of drug-likeness (QED) is 0.698. The molecular weight excluding hydrogens is 292 g/mol. The number of rotatable bonds is 6. The van der Waals surface area contributed by atoms with Gasteiger partial charge in [-0.05, 0) is 24.5 Å². The van der Waals surface area contributed by atoms with Crippen molar-refractivity contribution in [2.45, 2.75) is 44.2 Å². The Labute approximate surface area is 136 Å². The minimum Gasteiger partial charge on any atom is -0.394 e. The second-order valence-electron chi connectivity index (χ2n) is 5.83. The molecule has 1 aromatic carbocycles. The largest absolute Gasteiger partial charge is 0.394 e. The standard InChI is InChI=1S/C18H24N2O3/c21-13-16(18(23)19-15-9-5-2-6-10-15)20-17(22)12-11-14-7-3-1-4-8-14/h1,3-4,7-8,11-12,15-16,21H,2,5-6,9-10,13H2,(H,19,23)(H,20,22)/t16-/m0/s1. The van der Waals surface area contributed by atoms with E-state index in [-0.39, 0.29) is 11.9 Å². The summed E-state index contributed by atoms with van der Waals surface area (Å²) in [6.07, 6.45) is 8.39. The Bertz CT molecular complexity index is 536. The first kappa shape index (κ1) is 17.2. The molecule has 2 amide bonds. The highest BCUT2D eigenvalue weighted by Crippen LogP contribution is 2.17. The molecular formula is C18H24N2O3. The minimum atomic E-state index is -0.912. The van der Waals surface area contributed by atoms with E-state index in [4.69, 9.17) is 0 Å². The molecule has 0 aliphatic heterocycles. The van der Waals surface area contributed by atoms with Crippen LogP contribution in [0.1, 0.15) is 37.7 Å². The second-order valence-corrected chi connectivity index (χ2v) is 5.83. The second kappa shape index (κ2) is 9.10. The fourth-order valence-corrected chi connectivity index (χ4v) is 2.70. The Morgan fingerprint density at radius 3 is 2.52 bits per heavy atom. The first-order valence-electron chi connectivity index (χ1n) is 8.14. The zero-order valence-corrected chi connectivity index (χ0v) is 13.2. The molecule has 3 N–H and O–H groups in total. The van der Waals surface area contributed by atoms with Crippen LogP contribution in [0.3, 0.4) is 0 Å². The van der Waals surface area contributed by atoms with Crippen LogP contribution in [0.2, 0.25) is 0 Å². The molecule has 1 fully saturated rings. The van der Waals surface area contributed by atoms with Crippen molar-refractivity contribution < 1.29 is 14.7 Å². The van der Waals surface area contributed by atoms with Gasteiger partial charge in [-0.25, -0.2) is 0 Å². The fourth-order valence-electron chi connectivity index (χ4n) is 2.70. The third kappa shape index (κ3) is 5.87. The summed E-state index contributed by atoms with van der Waals surface area (Å²) in [5, 5.41) is 14.8. The molecule has 1 saturated carbocycles. The van der Waals surface area contributed by atoms with E-state index >= 15 is 0 Å². The van der Waals surface area contributed by atoms with Gasteiger partial charge in [0, 0.05) is 12.1 Å². The molecule has 124 valence electrons. The molecule has 1 aliphatic rings. The summed E-state index contributed by atoms with van der Waals surface area (Å²) in [7, 11) is 0. The topological polar surface area (TPSA) is 78.4 Å². The molecule has 5 heteroatoms. The number of amides is 2. The van der Waals surface area contributed by atoms with Crippen LogP contribution in [0, 0.1) is 0 Å². The average Bonchev–Trinajstić information content (AvgIpc) is 2.59. The number of benzene rings is 1. The maximum absolute atomic E-state index is 12.1. The maximum Gasteiger partial charge on any atom is 0.245 e. The van der Waals surface area contributed by atoms with E-state index in [2.05, 4.69) is 10.6 Å². The van der Waals surface area contributed by atoms with Gasteiger partial charge in [0.05, 0.1) is 6.61 Å². The SMILES string of the molecule is O=C(C=Cc1ccccc1)N[C@@H](CO)C(=O)NC1CCCCC1. The maximum atomic E-state index is 12.1. The number of carbonyl (C=O) groups excluding carboxylic acids is 2. The Hall–Kier alpha value is -2.14. The number of carbonyl (C=O) groups is 2. The predicted octanol–water partition coefficient (Wildman–Crippen LogP) is 1.63.